The molecule has 0 spiro atoms. The van der Waals surface area contributed by atoms with Crippen LogP contribution in [0.1, 0.15) is 19.8 Å². The van der Waals surface area contributed by atoms with Crippen LogP contribution in [0.25, 0.3) is 0 Å². The number of aliphatic carboxylic acids is 1. The van der Waals surface area contributed by atoms with Crippen LogP contribution in [-0.4, -0.2) is 33.3 Å². The summed E-state index contributed by atoms with van der Waals surface area (Å²) >= 11 is 1.77. The fourth-order valence-electron chi connectivity index (χ4n) is 1.39. The van der Waals surface area contributed by atoms with Crippen molar-refractivity contribution in [2.45, 2.75) is 25.4 Å². The molecule has 1 fully saturated rings. The Morgan fingerprint density at radius 1 is 1.50 bits per heavy atom. The average Bonchev–Trinajstić information content (AvgIpc) is 2.04. The molecule has 0 aromatic carbocycles. The van der Waals surface area contributed by atoms with E-state index < -0.39 is 17.5 Å². The van der Waals surface area contributed by atoms with Gasteiger partial charge in [0.2, 0.25) is 0 Å². The number of hydrogen-bond acceptors (Lipinski definition) is 3. The maximum Gasteiger partial charge on any atom is 0.309 e. The molecule has 4 heteroatoms. The van der Waals surface area contributed by atoms with Crippen LogP contribution in [0.4, 0.5) is 0 Å². The van der Waals surface area contributed by atoms with Crippen LogP contribution in [0, 0.1) is 5.92 Å². The molecule has 0 aromatic heterocycles. The van der Waals surface area contributed by atoms with Gasteiger partial charge in [-0.2, -0.15) is 11.8 Å². The van der Waals surface area contributed by atoms with Crippen molar-refractivity contribution in [2.24, 2.45) is 5.92 Å². The topological polar surface area (TPSA) is 57.5 Å². The van der Waals surface area contributed by atoms with Crippen molar-refractivity contribution in [1.29, 1.82) is 0 Å². The van der Waals surface area contributed by atoms with Gasteiger partial charge in [0.05, 0.1) is 11.5 Å². The molecular weight excluding hydrogens is 176 g/mol. The van der Waals surface area contributed by atoms with Gasteiger partial charge in [0.15, 0.2) is 0 Å². The van der Waals surface area contributed by atoms with E-state index in [2.05, 4.69) is 0 Å². The van der Waals surface area contributed by atoms with Gasteiger partial charge in [0.1, 0.15) is 0 Å². The Balaban J connectivity index is 2.62. The van der Waals surface area contributed by atoms with Crippen molar-refractivity contribution in [3.8, 4) is 0 Å². The zero-order valence-corrected chi connectivity index (χ0v) is 7.93. The summed E-state index contributed by atoms with van der Waals surface area (Å²) in [5.41, 5.74) is -0.961. The van der Waals surface area contributed by atoms with Crippen LogP contribution in [-0.2, 0) is 4.79 Å². The smallest absolute Gasteiger partial charge is 0.309 e. The fourth-order valence-corrected chi connectivity index (χ4v) is 2.59. The van der Waals surface area contributed by atoms with Gasteiger partial charge in [-0.15, -0.1) is 0 Å². The molecule has 1 aliphatic rings. The largest absolute Gasteiger partial charge is 0.481 e. The van der Waals surface area contributed by atoms with E-state index in [4.69, 9.17) is 5.11 Å². The van der Waals surface area contributed by atoms with E-state index in [9.17, 15) is 9.90 Å². The molecule has 0 aliphatic carbocycles. The van der Waals surface area contributed by atoms with Crippen LogP contribution >= 0.6 is 11.8 Å². The summed E-state index contributed by atoms with van der Waals surface area (Å²) in [4.78, 5) is 10.6. The second-order valence-electron chi connectivity index (χ2n) is 3.28. The van der Waals surface area contributed by atoms with Gasteiger partial charge < -0.3 is 10.2 Å². The van der Waals surface area contributed by atoms with Crippen molar-refractivity contribution in [3.05, 3.63) is 0 Å². The lowest BCUT2D eigenvalue weighted by Crippen LogP contribution is -2.43. The number of thioether (sulfide) groups is 1. The van der Waals surface area contributed by atoms with E-state index in [1.807, 2.05) is 0 Å². The van der Waals surface area contributed by atoms with Crippen LogP contribution in [0.15, 0.2) is 0 Å². The molecule has 1 unspecified atom stereocenters. The number of aliphatic hydroxyl groups is 1. The minimum absolute atomic E-state index is 0.602. The third kappa shape index (κ3) is 1.93. The van der Waals surface area contributed by atoms with E-state index in [1.165, 1.54) is 0 Å². The average molecular weight is 190 g/mol. The summed E-state index contributed by atoms with van der Waals surface area (Å²) in [5, 5.41) is 18.6. The quantitative estimate of drug-likeness (QED) is 0.681. The van der Waals surface area contributed by atoms with Crippen LogP contribution < -0.4 is 0 Å². The normalized spacial score (nSPS) is 24.8. The van der Waals surface area contributed by atoms with Crippen LogP contribution in [0.5, 0.6) is 0 Å². The first-order chi connectivity index (χ1) is 5.56. The second kappa shape index (κ2) is 3.66. The molecule has 0 radical (unpaired) electrons. The molecule has 1 rings (SSSR count). The summed E-state index contributed by atoms with van der Waals surface area (Å²) < 4.78 is 0. The van der Waals surface area contributed by atoms with Crippen molar-refractivity contribution < 1.29 is 15.0 Å². The third-order valence-electron chi connectivity index (χ3n) is 2.54. The molecule has 0 saturated carbocycles. The van der Waals surface area contributed by atoms with E-state index in [-0.39, 0.29) is 0 Å². The van der Waals surface area contributed by atoms with E-state index >= 15 is 0 Å². The summed E-state index contributed by atoms with van der Waals surface area (Å²) in [6.07, 6.45) is 1.20. The number of carboxylic acid groups (broad SMARTS) is 1. The van der Waals surface area contributed by atoms with Gasteiger partial charge in [0.25, 0.3) is 0 Å². The first-order valence-electron chi connectivity index (χ1n) is 4.09. The zero-order chi connectivity index (χ0) is 9.19. The highest BCUT2D eigenvalue weighted by atomic mass is 32.2. The van der Waals surface area contributed by atoms with E-state index in [0.29, 0.717) is 12.8 Å². The lowest BCUT2D eigenvalue weighted by molar-refractivity contribution is -0.151. The molecule has 1 aliphatic heterocycles. The molecule has 0 aromatic rings. The van der Waals surface area contributed by atoms with E-state index in [0.717, 1.165) is 11.5 Å². The molecule has 12 heavy (non-hydrogen) atoms. The summed E-state index contributed by atoms with van der Waals surface area (Å²) in [6, 6.07) is 0. The molecule has 1 saturated heterocycles. The second-order valence-corrected chi connectivity index (χ2v) is 4.50. The van der Waals surface area contributed by atoms with E-state index in [1.54, 1.807) is 18.7 Å². The lowest BCUT2D eigenvalue weighted by atomic mass is 9.84. The Hall–Kier alpha value is -0.220. The van der Waals surface area contributed by atoms with Crippen molar-refractivity contribution >= 4 is 17.7 Å². The molecule has 0 amide bonds. The highest BCUT2D eigenvalue weighted by Crippen LogP contribution is 2.33. The Morgan fingerprint density at radius 3 is 2.42 bits per heavy atom. The predicted molar refractivity (Wildman–Crippen MR) is 48.3 cm³/mol. The molecule has 1 heterocycles. The number of hydrogen-bond donors (Lipinski definition) is 2. The van der Waals surface area contributed by atoms with Crippen LogP contribution in [0.2, 0.25) is 0 Å². The number of rotatable bonds is 2. The molecule has 3 nitrogen and oxygen atoms in total. The fraction of sp³-hybridized carbons (Fsp3) is 0.875. The van der Waals surface area contributed by atoms with Gasteiger partial charge in [-0.05, 0) is 31.3 Å². The summed E-state index contributed by atoms with van der Waals surface area (Å²) in [6.45, 7) is 1.58. The third-order valence-corrected chi connectivity index (χ3v) is 3.52. The van der Waals surface area contributed by atoms with Gasteiger partial charge in [-0.1, -0.05) is 0 Å². The monoisotopic (exact) mass is 190 g/mol. The van der Waals surface area contributed by atoms with Gasteiger partial charge >= 0.3 is 5.97 Å². The minimum atomic E-state index is -0.961. The standard InChI is InChI=1S/C8H14O3S/c1-6(7(9)10)8(11)2-4-12-5-3-8/h6,11H,2-5H2,1H3,(H,9,10). The Bertz CT molecular complexity index is 175. The molecule has 2 N–H and O–H groups in total. The number of carboxylic acids is 1. The van der Waals surface area contributed by atoms with Crippen LogP contribution in [0.3, 0.4) is 0 Å². The van der Waals surface area contributed by atoms with Gasteiger partial charge in [0, 0.05) is 0 Å². The van der Waals surface area contributed by atoms with Crippen molar-refractivity contribution in [1.82, 2.24) is 0 Å². The van der Waals surface area contributed by atoms with Gasteiger partial charge in [-0.3, -0.25) is 4.79 Å². The van der Waals surface area contributed by atoms with Gasteiger partial charge in [-0.25, -0.2) is 0 Å². The van der Waals surface area contributed by atoms with Crippen molar-refractivity contribution in [2.75, 3.05) is 11.5 Å². The summed E-state index contributed by atoms with van der Waals surface area (Å²) in [7, 11) is 0. The first kappa shape index (κ1) is 9.86. The maximum absolute atomic E-state index is 10.6. The first-order valence-corrected chi connectivity index (χ1v) is 5.25. The number of carbonyl (C=O) groups is 1. The summed E-state index contributed by atoms with van der Waals surface area (Å²) in [5.74, 6) is 0.199. The maximum atomic E-state index is 10.6. The molecule has 0 bridgehead atoms. The SMILES string of the molecule is CC(C(=O)O)C1(O)CCSCC1. The molecule has 70 valence electrons. The highest BCUT2D eigenvalue weighted by molar-refractivity contribution is 7.99. The lowest BCUT2D eigenvalue weighted by Gasteiger charge is -2.34. The Morgan fingerprint density at radius 2 is 2.00 bits per heavy atom. The van der Waals surface area contributed by atoms with Crippen molar-refractivity contribution in [3.63, 3.8) is 0 Å². The minimum Gasteiger partial charge on any atom is -0.481 e. The predicted octanol–water partition coefficient (Wildman–Crippen LogP) is 0.965. The molecule has 1 atom stereocenters. The Kier molecular flexibility index (Phi) is 3.01. The highest BCUT2D eigenvalue weighted by Gasteiger charge is 2.39. The molecular formula is C8H14O3S. The zero-order valence-electron chi connectivity index (χ0n) is 7.12. The Labute approximate surface area is 76.2 Å².